The van der Waals surface area contributed by atoms with Crippen molar-refractivity contribution in [2.75, 3.05) is 0 Å². The van der Waals surface area contributed by atoms with E-state index >= 15 is 0 Å². The SMILES string of the molecule is CCCc1cc2ccccc2[cH-]1.CCCc1cc2ccccc2[cH-]1.CC[Si]CC.[Cl-].[Cl-].[Zr+4]. The maximum absolute atomic E-state index is 2.29. The fraction of sp³-hybridized carbons (Fsp3) is 0.357. The standard InChI is InChI=1S/2C12H13.C4H10Si.2ClH.Zr/c2*1-2-5-10-8-11-6-3-4-7-12(11)9-10;1-3-5-4-2;;;/h2*3-4,6-9H,2,5H2,1H3;3-4H2,1-2H3;2*1H;/q2*-1;;;;+4/p-2. The van der Waals surface area contributed by atoms with Gasteiger partial charge in [-0.25, -0.2) is 0 Å². The van der Waals surface area contributed by atoms with Gasteiger partial charge in [0.25, 0.3) is 0 Å². The van der Waals surface area contributed by atoms with Gasteiger partial charge in [-0.3, -0.25) is 0 Å². The Morgan fingerprint density at radius 2 is 1.00 bits per heavy atom. The van der Waals surface area contributed by atoms with Gasteiger partial charge < -0.3 is 24.8 Å². The third-order valence-corrected chi connectivity index (χ3v) is 5.93. The molecule has 0 N–H and O–H groups in total. The number of hydrogen-bond acceptors (Lipinski definition) is 0. The van der Waals surface area contributed by atoms with Gasteiger partial charge in [0.1, 0.15) is 0 Å². The topological polar surface area (TPSA) is 0 Å². The molecule has 4 aromatic carbocycles. The molecule has 4 aromatic rings. The molecule has 0 spiro atoms. The van der Waals surface area contributed by atoms with Crippen molar-refractivity contribution < 1.29 is 51.0 Å². The van der Waals surface area contributed by atoms with E-state index in [1.54, 1.807) is 0 Å². The maximum Gasteiger partial charge on any atom is 4.00 e. The Morgan fingerprint density at radius 3 is 1.28 bits per heavy atom. The molecule has 0 bridgehead atoms. The van der Waals surface area contributed by atoms with Gasteiger partial charge in [-0.15, -0.1) is 81.2 Å². The van der Waals surface area contributed by atoms with Gasteiger partial charge in [-0.2, -0.15) is 12.1 Å². The molecule has 0 fully saturated rings. The van der Waals surface area contributed by atoms with E-state index in [0.29, 0.717) is 0 Å². The van der Waals surface area contributed by atoms with Crippen molar-refractivity contribution in [3.8, 4) is 0 Å². The Hall–Kier alpha value is -0.660. The van der Waals surface area contributed by atoms with E-state index in [-0.39, 0.29) is 51.0 Å². The first-order chi connectivity index (χ1) is 14.2. The summed E-state index contributed by atoms with van der Waals surface area (Å²) in [5.41, 5.74) is 2.94. The summed E-state index contributed by atoms with van der Waals surface area (Å²) in [5.74, 6) is 0. The first-order valence-corrected chi connectivity index (χ1v) is 12.6. The normalized spacial score (nSPS) is 9.38. The Morgan fingerprint density at radius 1 is 0.625 bits per heavy atom. The summed E-state index contributed by atoms with van der Waals surface area (Å²) < 4.78 is 0. The van der Waals surface area contributed by atoms with Gasteiger partial charge >= 0.3 is 26.2 Å². The number of aryl methyl sites for hydroxylation is 2. The molecule has 0 aliphatic carbocycles. The second-order valence-corrected chi connectivity index (χ2v) is 9.36. The zero-order valence-corrected chi connectivity index (χ0v) is 24.9. The van der Waals surface area contributed by atoms with Gasteiger partial charge in [0, 0.05) is 9.52 Å². The van der Waals surface area contributed by atoms with Crippen LogP contribution in [0.2, 0.25) is 12.1 Å². The minimum Gasteiger partial charge on any atom is -1.00 e. The Bertz CT molecular complexity index is 814. The van der Waals surface area contributed by atoms with Crippen LogP contribution in [0.4, 0.5) is 0 Å². The van der Waals surface area contributed by atoms with Crippen LogP contribution in [0.25, 0.3) is 21.5 Å². The van der Waals surface area contributed by atoms with E-state index in [0.717, 1.165) is 0 Å². The predicted molar refractivity (Wildman–Crippen MR) is 134 cm³/mol. The summed E-state index contributed by atoms with van der Waals surface area (Å²) in [4.78, 5) is 0. The van der Waals surface area contributed by atoms with Crippen LogP contribution in [0.5, 0.6) is 0 Å². The van der Waals surface area contributed by atoms with E-state index in [1.165, 1.54) is 80.0 Å². The van der Waals surface area contributed by atoms with Gasteiger partial charge in [0.2, 0.25) is 0 Å². The first-order valence-electron chi connectivity index (χ1n) is 11.2. The second kappa shape index (κ2) is 19.8. The third kappa shape index (κ3) is 11.5. The minimum atomic E-state index is 0. The fourth-order valence-electron chi connectivity index (χ4n) is 3.55. The quantitative estimate of drug-likeness (QED) is 0.251. The first kappa shape index (κ1) is 33.5. The summed E-state index contributed by atoms with van der Waals surface area (Å²) >= 11 is 0. The summed E-state index contributed by atoms with van der Waals surface area (Å²) in [6.07, 6.45) is 4.87. The van der Waals surface area contributed by atoms with Crippen LogP contribution in [-0.4, -0.2) is 9.52 Å². The number of halogens is 2. The van der Waals surface area contributed by atoms with E-state index in [2.05, 4.69) is 100 Å². The molecular formula is C28H36Cl2SiZr. The molecule has 4 rings (SSSR count). The van der Waals surface area contributed by atoms with Crippen molar-refractivity contribution in [3.63, 3.8) is 0 Å². The molecule has 0 aliphatic heterocycles. The van der Waals surface area contributed by atoms with Crippen LogP contribution in [0.3, 0.4) is 0 Å². The molecule has 0 amide bonds. The summed E-state index contributed by atoms with van der Waals surface area (Å²) in [7, 11) is 1.20. The van der Waals surface area contributed by atoms with Crippen molar-refractivity contribution in [1.29, 1.82) is 0 Å². The molecule has 2 radical (unpaired) electrons. The molecule has 0 aliphatic rings. The third-order valence-electron chi connectivity index (χ3n) is 4.93. The Kier molecular flexibility index (Phi) is 20.7. The number of benzene rings is 2. The van der Waals surface area contributed by atoms with Crippen LogP contribution in [0, 0.1) is 0 Å². The van der Waals surface area contributed by atoms with Gasteiger partial charge in [0.15, 0.2) is 0 Å². The minimum absolute atomic E-state index is 0. The van der Waals surface area contributed by atoms with Gasteiger partial charge in [-0.05, 0) is 12.8 Å². The molecule has 170 valence electrons. The number of fused-ring (bicyclic) bond motifs is 2. The molecular weight excluding hydrogens is 527 g/mol. The summed E-state index contributed by atoms with van der Waals surface area (Å²) in [5, 5.41) is 5.50. The van der Waals surface area contributed by atoms with Crippen LogP contribution < -0.4 is 24.8 Å². The van der Waals surface area contributed by atoms with Gasteiger partial charge in [0.05, 0.1) is 0 Å². The maximum atomic E-state index is 2.29. The molecule has 0 saturated heterocycles. The molecule has 0 heterocycles. The molecule has 0 nitrogen and oxygen atoms in total. The molecule has 32 heavy (non-hydrogen) atoms. The van der Waals surface area contributed by atoms with Gasteiger partial charge in [-0.1, -0.05) is 64.8 Å². The molecule has 0 aromatic heterocycles. The molecule has 4 heteroatoms. The number of rotatable bonds is 6. The van der Waals surface area contributed by atoms with Crippen molar-refractivity contribution in [2.24, 2.45) is 0 Å². The van der Waals surface area contributed by atoms with Crippen LogP contribution in [0.1, 0.15) is 51.7 Å². The average Bonchev–Trinajstić information content (AvgIpc) is 3.33. The summed E-state index contributed by atoms with van der Waals surface area (Å²) in [6, 6.07) is 29.0. The van der Waals surface area contributed by atoms with Crippen LogP contribution >= 0.6 is 0 Å². The monoisotopic (exact) mass is 560 g/mol. The van der Waals surface area contributed by atoms with Crippen LogP contribution in [-0.2, 0) is 39.0 Å². The van der Waals surface area contributed by atoms with E-state index < -0.39 is 0 Å². The largest absolute Gasteiger partial charge is 4.00 e. The van der Waals surface area contributed by atoms with E-state index in [4.69, 9.17) is 0 Å². The second-order valence-electron chi connectivity index (χ2n) is 7.44. The molecule has 0 saturated carbocycles. The Labute approximate surface area is 230 Å². The smallest absolute Gasteiger partial charge is 1.00 e. The number of hydrogen-bond donors (Lipinski definition) is 0. The van der Waals surface area contributed by atoms with Crippen molar-refractivity contribution in [3.05, 3.63) is 83.9 Å². The van der Waals surface area contributed by atoms with Crippen molar-refractivity contribution in [2.45, 2.75) is 65.5 Å². The van der Waals surface area contributed by atoms with E-state index in [1.807, 2.05) is 0 Å². The fourth-order valence-corrected chi connectivity index (χ4v) is 4.05. The Balaban J connectivity index is 0. The van der Waals surface area contributed by atoms with Crippen molar-refractivity contribution in [1.82, 2.24) is 0 Å². The zero-order chi connectivity index (χ0) is 20.9. The summed E-state index contributed by atoms with van der Waals surface area (Å²) in [6.45, 7) is 8.89. The van der Waals surface area contributed by atoms with Crippen molar-refractivity contribution >= 4 is 31.1 Å². The zero-order valence-electron chi connectivity index (χ0n) is 19.9. The predicted octanol–water partition coefficient (Wildman–Crippen LogP) is 2.59. The average molecular weight is 563 g/mol. The molecule has 0 atom stereocenters. The molecule has 0 unspecified atom stereocenters. The van der Waals surface area contributed by atoms with Crippen LogP contribution in [0.15, 0.2) is 72.8 Å². The van der Waals surface area contributed by atoms with E-state index in [9.17, 15) is 0 Å².